The summed E-state index contributed by atoms with van der Waals surface area (Å²) in [6.45, 7) is 3.79. The summed E-state index contributed by atoms with van der Waals surface area (Å²) in [4.78, 5) is 0. The van der Waals surface area contributed by atoms with Gasteiger partial charge < -0.3 is 5.73 Å². The molecule has 1 atom stereocenters. The van der Waals surface area contributed by atoms with Crippen molar-refractivity contribution < 1.29 is 0 Å². The van der Waals surface area contributed by atoms with Gasteiger partial charge in [0.1, 0.15) is 0 Å². The first-order valence-electron chi connectivity index (χ1n) is 6.29. The fraction of sp³-hybridized carbons (Fsp3) is 0.176. The molecule has 2 rings (SSSR count). The summed E-state index contributed by atoms with van der Waals surface area (Å²) in [6.07, 6.45) is 2.71. The van der Waals surface area contributed by atoms with Crippen LogP contribution < -0.4 is 5.73 Å². The second-order valence-electron chi connectivity index (χ2n) is 4.49. The van der Waals surface area contributed by atoms with Gasteiger partial charge in [0.2, 0.25) is 0 Å². The number of hydrogen-bond acceptors (Lipinski definition) is 1. The third kappa shape index (κ3) is 2.88. The van der Waals surface area contributed by atoms with Crippen molar-refractivity contribution in [3.8, 4) is 0 Å². The van der Waals surface area contributed by atoms with E-state index in [9.17, 15) is 0 Å². The highest BCUT2D eigenvalue weighted by atomic mass is 14.6. The van der Waals surface area contributed by atoms with Gasteiger partial charge in [0.15, 0.2) is 0 Å². The van der Waals surface area contributed by atoms with Gasteiger partial charge in [-0.15, -0.1) is 6.58 Å². The molecule has 92 valence electrons. The molecule has 2 aromatic rings. The van der Waals surface area contributed by atoms with Crippen LogP contribution in [-0.2, 0) is 0 Å². The van der Waals surface area contributed by atoms with Gasteiger partial charge >= 0.3 is 0 Å². The molecule has 0 aliphatic rings. The normalized spacial score (nSPS) is 12.3. The molecule has 0 radical (unpaired) electrons. The Morgan fingerprint density at radius 3 is 1.72 bits per heavy atom. The Morgan fingerprint density at radius 2 is 1.33 bits per heavy atom. The van der Waals surface area contributed by atoms with Crippen molar-refractivity contribution in [2.24, 2.45) is 5.73 Å². The lowest BCUT2D eigenvalue weighted by Crippen LogP contribution is -2.28. The van der Waals surface area contributed by atoms with Crippen molar-refractivity contribution in [2.45, 2.75) is 18.4 Å². The Balaban J connectivity index is 2.38. The average Bonchev–Trinajstić information content (AvgIpc) is 2.42. The minimum absolute atomic E-state index is 0.0623. The fourth-order valence-corrected chi connectivity index (χ4v) is 2.34. The van der Waals surface area contributed by atoms with E-state index < -0.39 is 0 Å². The highest BCUT2D eigenvalue weighted by molar-refractivity contribution is 5.34. The summed E-state index contributed by atoms with van der Waals surface area (Å²) in [5.41, 5.74) is 8.85. The fourth-order valence-electron chi connectivity index (χ4n) is 2.34. The van der Waals surface area contributed by atoms with Crippen LogP contribution in [0.2, 0.25) is 0 Å². The zero-order valence-corrected chi connectivity index (χ0v) is 10.5. The van der Waals surface area contributed by atoms with Crippen molar-refractivity contribution in [3.63, 3.8) is 0 Å². The third-order valence-corrected chi connectivity index (χ3v) is 3.18. The average molecular weight is 237 g/mol. The summed E-state index contributed by atoms with van der Waals surface area (Å²) < 4.78 is 0. The molecular formula is C17H19N. The molecule has 2 N–H and O–H groups in total. The summed E-state index contributed by atoms with van der Waals surface area (Å²) in [5, 5.41) is 0. The third-order valence-electron chi connectivity index (χ3n) is 3.18. The molecule has 1 nitrogen and oxygen atoms in total. The minimum atomic E-state index is 0.0623. The van der Waals surface area contributed by atoms with E-state index in [2.05, 4.69) is 55.1 Å². The Kier molecular flexibility index (Phi) is 4.32. The number of benzene rings is 2. The molecule has 0 bridgehead atoms. The highest BCUT2D eigenvalue weighted by Gasteiger charge is 2.20. The molecule has 1 unspecified atom stereocenters. The van der Waals surface area contributed by atoms with Gasteiger partial charge in [-0.25, -0.2) is 0 Å². The van der Waals surface area contributed by atoms with E-state index in [4.69, 9.17) is 5.73 Å². The van der Waals surface area contributed by atoms with E-state index in [0.29, 0.717) is 0 Å². The number of nitrogens with two attached hydrogens (primary N) is 1. The van der Waals surface area contributed by atoms with Crippen molar-refractivity contribution in [3.05, 3.63) is 84.4 Å². The van der Waals surface area contributed by atoms with Crippen LogP contribution in [0, 0.1) is 0 Å². The molecule has 0 spiro atoms. The lowest BCUT2D eigenvalue weighted by Gasteiger charge is -2.24. The molecule has 0 aliphatic carbocycles. The second-order valence-corrected chi connectivity index (χ2v) is 4.49. The van der Waals surface area contributed by atoms with Gasteiger partial charge in [-0.3, -0.25) is 0 Å². The van der Waals surface area contributed by atoms with Crippen LogP contribution in [0.5, 0.6) is 0 Å². The summed E-state index contributed by atoms with van der Waals surface area (Å²) in [6, 6.07) is 20.9. The Bertz CT molecular complexity index is 436. The molecule has 0 fully saturated rings. The monoisotopic (exact) mass is 237 g/mol. The number of rotatable bonds is 5. The Morgan fingerprint density at radius 1 is 0.889 bits per heavy atom. The maximum Gasteiger partial charge on any atom is 0.0244 e. The Hall–Kier alpha value is -1.86. The quantitative estimate of drug-likeness (QED) is 0.788. The first kappa shape index (κ1) is 12.6. The van der Waals surface area contributed by atoms with E-state index in [-0.39, 0.29) is 12.0 Å². The molecule has 1 heteroatoms. The van der Waals surface area contributed by atoms with Crippen molar-refractivity contribution in [1.29, 1.82) is 0 Å². The Labute approximate surface area is 109 Å². The first-order valence-corrected chi connectivity index (χ1v) is 6.29. The lowest BCUT2D eigenvalue weighted by atomic mass is 9.84. The van der Waals surface area contributed by atoms with Crippen molar-refractivity contribution in [2.75, 3.05) is 0 Å². The van der Waals surface area contributed by atoms with E-state index in [1.807, 2.05) is 18.2 Å². The van der Waals surface area contributed by atoms with Crippen LogP contribution in [0.25, 0.3) is 0 Å². The van der Waals surface area contributed by atoms with E-state index in [0.717, 1.165) is 6.42 Å². The van der Waals surface area contributed by atoms with Gasteiger partial charge in [0.25, 0.3) is 0 Å². The van der Waals surface area contributed by atoms with Gasteiger partial charge in [-0.05, 0) is 17.5 Å². The minimum Gasteiger partial charge on any atom is -0.327 e. The largest absolute Gasteiger partial charge is 0.327 e. The van der Waals surface area contributed by atoms with Gasteiger partial charge in [0, 0.05) is 12.0 Å². The summed E-state index contributed by atoms with van der Waals surface area (Å²) >= 11 is 0. The summed E-state index contributed by atoms with van der Waals surface area (Å²) in [7, 11) is 0. The van der Waals surface area contributed by atoms with E-state index in [1.165, 1.54) is 11.1 Å². The zero-order chi connectivity index (χ0) is 12.8. The molecular weight excluding hydrogens is 218 g/mol. The molecule has 2 aromatic carbocycles. The van der Waals surface area contributed by atoms with Gasteiger partial charge in [-0.2, -0.15) is 0 Å². The van der Waals surface area contributed by atoms with Crippen LogP contribution in [-0.4, -0.2) is 6.04 Å². The zero-order valence-electron chi connectivity index (χ0n) is 10.5. The van der Waals surface area contributed by atoms with Crippen LogP contribution >= 0.6 is 0 Å². The van der Waals surface area contributed by atoms with Crippen molar-refractivity contribution >= 4 is 0 Å². The number of hydrogen-bond donors (Lipinski definition) is 1. The van der Waals surface area contributed by atoms with Crippen LogP contribution in [0.3, 0.4) is 0 Å². The molecule has 0 aliphatic heterocycles. The highest BCUT2D eigenvalue weighted by Crippen LogP contribution is 2.28. The SMILES string of the molecule is C=CCC(N)C(c1ccccc1)c1ccccc1. The molecule has 0 aromatic heterocycles. The predicted octanol–water partition coefficient (Wildman–Crippen LogP) is 3.72. The van der Waals surface area contributed by atoms with Gasteiger partial charge in [-0.1, -0.05) is 66.7 Å². The standard InChI is InChI=1S/C17H19N/c1-2-9-16(18)17(14-10-5-3-6-11-14)15-12-7-4-8-13-15/h2-8,10-13,16-17H,1,9,18H2. The van der Waals surface area contributed by atoms with Crippen molar-refractivity contribution in [1.82, 2.24) is 0 Å². The summed E-state index contributed by atoms with van der Waals surface area (Å²) in [5.74, 6) is 0.227. The second kappa shape index (κ2) is 6.18. The van der Waals surface area contributed by atoms with E-state index in [1.54, 1.807) is 0 Å². The maximum absolute atomic E-state index is 6.32. The first-order chi connectivity index (χ1) is 8.83. The van der Waals surface area contributed by atoms with Crippen LogP contribution in [0.4, 0.5) is 0 Å². The molecule has 0 saturated heterocycles. The molecule has 0 heterocycles. The topological polar surface area (TPSA) is 26.0 Å². The predicted molar refractivity (Wildman–Crippen MR) is 77.5 cm³/mol. The van der Waals surface area contributed by atoms with E-state index >= 15 is 0 Å². The molecule has 0 amide bonds. The van der Waals surface area contributed by atoms with Crippen LogP contribution in [0.15, 0.2) is 73.3 Å². The molecule has 18 heavy (non-hydrogen) atoms. The van der Waals surface area contributed by atoms with Crippen LogP contribution in [0.1, 0.15) is 23.5 Å². The van der Waals surface area contributed by atoms with Gasteiger partial charge in [0.05, 0.1) is 0 Å². The maximum atomic E-state index is 6.32. The smallest absolute Gasteiger partial charge is 0.0244 e. The lowest BCUT2D eigenvalue weighted by molar-refractivity contribution is 0.601. The molecule has 0 saturated carbocycles.